The predicted octanol–water partition coefficient (Wildman–Crippen LogP) is 2.99. The van der Waals surface area contributed by atoms with Gasteiger partial charge in [-0.1, -0.05) is 19.9 Å². The van der Waals surface area contributed by atoms with Gasteiger partial charge in [-0.25, -0.2) is 0 Å². The SMILES string of the molecule is CCC(CC)NC(=O)COc1ccc(C)c(C)c1. The van der Waals surface area contributed by atoms with E-state index in [1.54, 1.807) is 0 Å². The molecule has 3 heteroatoms. The molecule has 0 unspecified atom stereocenters. The van der Waals surface area contributed by atoms with Crippen LogP contribution in [-0.2, 0) is 4.79 Å². The van der Waals surface area contributed by atoms with Gasteiger partial charge in [-0.3, -0.25) is 4.79 Å². The van der Waals surface area contributed by atoms with Gasteiger partial charge in [0.25, 0.3) is 5.91 Å². The van der Waals surface area contributed by atoms with Crippen LogP contribution in [0, 0.1) is 13.8 Å². The molecule has 100 valence electrons. The smallest absolute Gasteiger partial charge is 0.258 e. The third kappa shape index (κ3) is 4.40. The largest absolute Gasteiger partial charge is 0.484 e. The molecule has 0 aliphatic carbocycles. The highest BCUT2D eigenvalue weighted by molar-refractivity contribution is 5.77. The molecule has 1 N–H and O–H groups in total. The first kappa shape index (κ1) is 14.6. The van der Waals surface area contributed by atoms with E-state index in [0.29, 0.717) is 0 Å². The summed E-state index contributed by atoms with van der Waals surface area (Å²) >= 11 is 0. The second-order valence-corrected chi connectivity index (χ2v) is 4.62. The summed E-state index contributed by atoms with van der Waals surface area (Å²) in [6, 6.07) is 6.11. The molecule has 1 aromatic carbocycles. The first-order valence-corrected chi connectivity index (χ1v) is 6.56. The van der Waals surface area contributed by atoms with Crippen molar-refractivity contribution in [3.05, 3.63) is 29.3 Å². The summed E-state index contributed by atoms with van der Waals surface area (Å²) in [7, 11) is 0. The van der Waals surface area contributed by atoms with Crippen LogP contribution in [0.4, 0.5) is 0 Å². The quantitative estimate of drug-likeness (QED) is 0.841. The van der Waals surface area contributed by atoms with Gasteiger partial charge in [0.05, 0.1) is 0 Å². The maximum absolute atomic E-state index is 11.7. The molecule has 1 aromatic rings. The lowest BCUT2D eigenvalue weighted by molar-refractivity contribution is -0.123. The van der Waals surface area contributed by atoms with Crippen molar-refractivity contribution in [1.82, 2.24) is 5.32 Å². The Hall–Kier alpha value is -1.51. The molecule has 1 rings (SSSR count). The Kier molecular flexibility index (Phi) is 5.69. The number of carbonyl (C=O) groups excluding carboxylic acids is 1. The number of amides is 1. The fourth-order valence-corrected chi connectivity index (χ4v) is 1.71. The molecule has 18 heavy (non-hydrogen) atoms. The van der Waals surface area contributed by atoms with Crippen LogP contribution >= 0.6 is 0 Å². The van der Waals surface area contributed by atoms with E-state index < -0.39 is 0 Å². The van der Waals surface area contributed by atoms with Crippen molar-refractivity contribution < 1.29 is 9.53 Å². The van der Waals surface area contributed by atoms with E-state index in [9.17, 15) is 4.79 Å². The van der Waals surface area contributed by atoms with Crippen LogP contribution in [0.25, 0.3) is 0 Å². The predicted molar refractivity (Wildman–Crippen MR) is 73.9 cm³/mol. The number of hydrogen-bond acceptors (Lipinski definition) is 2. The molecule has 3 nitrogen and oxygen atoms in total. The molecule has 0 aromatic heterocycles. The number of nitrogens with one attached hydrogen (secondary N) is 1. The van der Waals surface area contributed by atoms with Gasteiger partial charge in [0.2, 0.25) is 0 Å². The highest BCUT2D eigenvalue weighted by Gasteiger charge is 2.08. The fraction of sp³-hybridized carbons (Fsp3) is 0.533. The molecule has 0 aliphatic rings. The lowest BCUT2D eigenvalue weighted by atomic mass is 10.1. The van der Waals surface area contributed by atoms with Crippen molar-refractivity contribution in [3.63, 3.8) is 0 Å². The molecule has 0 radical (unpaired) electrons. The third-order valence-corrected chi connectivity index (χ3v) is 3.20. The minimum absolute atomic E-state index is 0.0538. The lowest BCUT2D eigenvalue weighted by Gasteiger charge is -2.15. The monoisotopic (exact) mass is 249 g/mol. The Balaban J connectivity index is 2.44. The van der Waals surface area contributed by atoms with E-state index in [-0.39, 0.29) is 18.6 Å². The molecule has 0 heterocycles. The van der Waals surface area contributed by atoms with Crippen LogP contribution in [-0.4, -0.2) is 18.6 Å². The number of carbonyl (C=O) groups is 1. The average Bonchev–Trinajstić information content (AvgIpc) is 2.37. The summed E-state index contributed by atoms with van der Waals surface area (Å²) in [4.78, 5) is 11.7. The maximum atomic E-state index is 11.7. The van der Waals surface area contributed by atoms with E-state index in [4.69, 9.17) is 4.74 Å². The van der Waals surface area contributed by atoms with Gasteiger partial charge in [0.1, 0.15) is 5.75 Å². The molecule has 0 spiro atoms. The molecule has 0 aliphatic heterocycles. The Morgan fingerprint density at radius 1 is 1.22 bits per heavy atom. The molecule has 0 saturated heterocycles. The van der Waals surface area contributed by atoms with Crippen LogP contribution in [0.15, 0.2) is 18.2 Å². The Morgan fingerprint density at radius 2 is 1.89 bits per heavy atom. The highest BCUT2D eigenvalue weighted by Crippen LogP contribution is 2.16. The second-order valence-electron chi connectivity index (χ2n) is 4.62. The fourth-order valence-electron chi connectivity index (χ4n) is 1.71. The van der Waals surface area contributed by atoms with Gasteiger partial charge in [0, 0.05) is 6.04 Å². The number of rotatable bonds is 6. The van der Waals surface area contributed by atoms with E-state index >= 15 is 0 Å². The molecule has 0 saturated carbocycles. The van der Waals surface area contributed by atoms with Crippen molar-refractivity contribution in [2.24, 2.45) is 0 Å². The van der Waals surface area contributed by atoms with Crippen molar-refractivity contribution in [2.45, 2.75) is 46.6 Å². The minimum atomic E-state index is -0.0538. The van der Waals surface area contributed by atoms with E-state index in [1.807, 2.05) is 25.1 Å². The summed E-state index contributed by atoms with van der Waals surface area (Å²) in [6.07, 6.45) is 1.90. The van der Waals surface area contributed by atoms with Crippen molar-refractivity contribution in [1.29, 1.82) is 0 Å². The topological polar surface area (TPSA) is 38.3 Å². The van der Waals surface area contributed by atoms with Crippen molar-refractivity contribution in [3.8, 4) is 5.75 Å². The lowest BCUT2D eigenvalue weighted by Crippen LogP contribution is -2.37. The second kappa shape index (κ2) is 7.04. The Labute approximate surface area is 110 Å². The summed E-state index contributed by atoms with van der Waals surface area (Å²) in [5.74, 6) is 0.694. The molecule has 1 amide bonds. The first-order chi connectivity index (χ1) is 8.56. The van der Waals surface area contributed by atoms with Gasteiger partial charge in [-0.05, 0) is 49.9 Å². The number of aryl methyl sites for hydroxylation is 2. The molecular weight excluding hydrogens is 226 g/mol. The Bertz CT molecular complexity index is 397. The molecular formula is C15H23NO2. The molecule has 0 atom stereocenters. The van der Waals surface area contributed by atoms with Gasteiger partial charge in [-0.15, -0.1) is 0 Å². The zero-order valence-corrected chi connectivity index (χ0v) is 11.7. The minimum Gasteiger partial charge on any atom is -0.484 e. The van der Waals surface area contributed by atoms with Gasteiger partial charge in [-0.2, -0.15) is 0 Å². The molecule has 0 bridgehead atoms. The van der Waals surface area contributed by atoms with Crippen LogP contribution in [0.1, 0.15) is 37.8 Å². The van der Waals surface area contributed by atoms with Crippen LogP contribution in [0.5, 0.6) is 5.75 Å². The normalized spacial score (nSPS) is 10.5. The standard InChI is InChI=1S/C15H23NO2/c1-5-13(6-2)16-15(17)10-18-14-8-7-11(3)12(4)9-14/h7-9,13H,5-6,10H2,1-4H3,(H,16,17). The van der Waals surface area contributed by atoms with Crippen molar-refractivity contribution in [2.75, 3.05) is 6.61 Å². The van der Waals surface area contributed by atoms with E-state index in [2.05, 4.69) is 26.1 Å². The zero-order chi connectivity index (χ0) is 13.5. The van der Waals surface area contributed by atoms with Crippen LogP contribution in [0.2, 0.25) is 0 Å². The number of ether oxygens (including phenoxy) is 1. The van der Waals surface area contributed by atoms with Crippen molar-refractivity contribution >= 4 is 5.91 Å². The van der Waals surface area contributed by atoms with Gasteiger partial charge in [0.15, 0.2) is 6.61 Å². The third-order valence-electron chi connectivity index (χ3n) is 3.20. The Morgan fingerprint density at radius 3 is 2.44 bits per heavy atom. The first-order valence-electron chi connectivity index (χ1n) is 6.56. The number of benzene rings is 1. The summed E-state index contributed by atoms with van der Waals surface area (Å²) < 4.78 is 5.48. The van der Waals surface area contributed by atoms with E-state index in [0.717, 1.165) is 18.6 Å². The maximum Gasteiger partial charge on any atom is 0.258 e. The van der Waals surface area contributed by atoms with E-state index in [1.165, 1.54) is 11.1 Å². The summed E-state index contributed by atoms with van der Waals surface area (Å²) in [5, 5.41) is 2.95. The molecule has 0 fully saturated rings. The van der Waals surface area contributed by atoms with Gasteiger partial charge >= 0.3 is 0 Å². The number of hydrogen-bond donors (Lipinski definition) is 1. The van der Waals surface area contributed by atoms with Crippen LogP contribution < -0.4 is 10.1 Å². The van der Waals surface area contributed by atoms with Crippen LogP contribution in [0.3, 0.4) is 0 Å². The summed E-state index contributed by atoms with van der Waals surface area (Å²) in [6.45, 7) is 8.31. The summed E-state index contributed by atoms with van der Waals surface area (Å²) in [5.41, 5.74) is 2.40. The van der Waals surface area contributed by atoms with Gasteiger partial charge < -0.3 is 10.1 Å². The highest BCUT2D eigenvalue weighted by atomic mass is 16.5. The average molecular weight is 249 g/mol. The zero-order valence-electron chi connectivity index (χ0n) is 11.7.